The van der Waals surface area contributed by atoms with Gasteiger partial charge < -0.3 is 24.6 Å². The molecule has 3 aliphatic heterocycles. The van der Waals surface area contributed by atoms with E-state index in [9.17, 15) is 9.59 Å². The number of nitrogens with zero attached hydrogens (tertiary/aromatic N) is 2. The van der Waals surface area contributed by atoms with E-state index in [4.69, 9.17) is 9.47 Å². The summed E-state index contributed by atoms with van der Waals surface area (Å²) in [5, 5.41) is 8.07. The number of carbonyl (C=O) groups is 2. The number of rotatable bonds is 6. The van der Waals surface area contributed by atoms with Gasteiger partial charge in [-0.25, -0.2) is 0 Å². The van der Waals surface area contributed by atoms with E-state index >= 15 is 0 Å². The van der Waals surface area contributed by atoms with Crippen LogP contribution >= 0.6 is 0 Å². The summed E-state index contributed by atoms with van der Waals surface area (Å²) in [6.45, 7) is 2.45. The molecule has 7 rings (SSSR count). The van der Waals surface area contributed by atoms with E-state index in [2.05, 4.69) is 44.7 Å². The fraction of sp³-hybridized carbons (Fsp3) is 0.814. The molecule has 1 aromatic carbocycles. The van der Waals surface area contributed by atoms with E-state index in [0.717, 1.165) is 32.1 Å². The van der Waals surface area contributed by atoms with Crippen molar-refractivity contribution < 1.29 is 19.1 Å². The first-order valence-corrected chi connectivity index (χ1v) is 21.3. The van der Waals surface area contributed by atoms with Crippen molar-refractivity contribution in [3.05, 3.63) is 29.8 Å². The third-order valence-corrected chi connectivity index (χ3v) is 14.6. The molecule has 8 nitrogen and oxygen atoms in total. The number of benzene rings is 1. The van der Waals surface area contributed by atoms with Crippen LogP contribution in [-0.2, 0) is 19.1 Å². The van der Waals surface area contributed by atoms with Crippen molar-refractivity contribution in [2.75, 3.05) is 45.7 Å². The monoisotopic (exact) mass is 705 g/mol. The van der Waals surface area contributed by atoms with Crippen molar-refractivity contribution in [1.29, 1.82) is 0 Å². The largest absolute Gasteiger partial charge is 0.381 e. The molecule has 1 aromatic rings. The Labute approximate surface area is 308 Å². The lowest BCUT2D eigenvalue weighted by Crippen LogP contribution is -2.66. The molecule has 5 fully saturated rings. The van der Waals surface area contributed by atoms with Crippen LogP contribution in [0, 0.1) is 11.8 Å². The van der Waals surface area contributed by atoms with E-state index in [1.165, 1.54) is 108 Å². The number of ether oxygens (including phenoxy) is 2. The Hall–Kier alpha value is -2.16. The Morgan fingerprint density at radius 3 is 2.00 bits per heavy atom. The minimum Gasteiger partial charge on any atom is -0.381 e. The number of piperazine rings is 1. The fourth-order valence-electron chi connectivity index (χ4n) is 12.0. The zero-order valence-corrected chi connectivity index (χ0v) is 32.0. The second kappa shape index (κ2) is 16.9. The number of hydrogen-bond donors (Lipinski definition) is 2. The molecule has 284 valence electrons. The number of fused-ring (bicyclic) bond motifs is 2. The molecule has 6 atom stereocenters. The Balaban J connectivity index is 1.02. The molecule has 2 amide bonds. The second-order valence-electron chi connectivity index (χ2n) is 17.2. The summed E-state index contributed by atoms with van der Waals surface area (Å²) in [6, 6.07) is 8.50. The molecule has 3 saturated carbocycles. The van der Waals surface area contributed by atoms with Gasteiger partial charge in [0.1, 0.15) is 0 Å². The summed E-state index contributed by atoms with van der Waals surface area (Å²) in [5.41, 5.74) is 2.28. The summed E-state index contributed by atoms with van der Waals surface area (Å²) in [6.07, 6.45) is 25.0. The fourth-order valence-corrected chi connectivity index (χ4v) is 12.0. The van der Waals surface area contributed by atoms with Crippen LogP contribution in [-0.4, -0.2) is 91.3 Å². The third kappa shape index (κ3) is 7.62. The average molecular weight is 705 g/mol. The molecule has 3 aliphatic carbocycles. The quantitative estimate of drug-likeness (QED) is 0.315. The van der Waals surface area contributed by atoms with Crippen LogP contribution < -0.4 is 10.6 Å². The van der Waals surface area contributed by atoms with Crippen LogP contribution in [0.15, 0.2) is 24.3 Å². The minimum atomic E-state index is -0.230. The SMILES string of the molecule is COC1CCC(OC)C2(C3CCCCCCCC3)NC(C(=O)N3CCN(C(=O)CC4c5ccccc5NC45CCCCCCCCC5)CC3)CC12. The zero-order valence-electron chi connectivity index (χ0n) is 32.0. The number of carbonyl (C=O) groups excluding carboxylic acids is 2. The normalized spacial score (nSPS) is 33.7. The number of methoxy groups -OCH3 is 2. The lowest BCUT2D eigenvalue weighted by molar-refractivity contribution is -0.141. The maximum atomic E-state index is 14.4. The van der Waals surface area contributed by atoms with Crippen molar-refractivity contribution in [3.8, 4) is 0 Å². The first-order chi connectivity index (χ1) is 25.0. The summed E-state index contributed by atoms with van der Waals surface area (Å²) in [4.78, 5) is 32.7. The standard InChI is InChI=1S/C43H68N4O4/c1-50-38-22-23-39(51-2)43(32-18-12-8-4-5-9-13-19-32)35(38)30-37(45-43)41(49)47-28-26-46(27-29-47)40(48)31-34-33-20-14-15-21-36(33)44-42(34)24-16-10-6-3-7-11-17-25-42/h14-15,20-21,32,34-35,37-39,44-45H,3-13,16-19,22-31H2,1-2H3. The van der Waals surface area contributed by atoms with Crippen molar-refractivity contribution in [2.24, 2.45) is 11.8 Å². The molecule has 3 heterocycles. The Morgan fingerprint density at radius 1 is 0.745 bits per heavy atom. The van der Waals surface area contributed by atoms with Crippen molar-refractivity contribution in [1.82, 2.24) is 15.1 Å². The van der Waals surface area contributed by atoms with E-state index in [1.54, 1.807) is 0 Å². The van der Waals surface area contributed by atoms with E-state index in [0.29, 0.717) is 38.5 Å². The van der Waals surface area contributed by atoms with Crippen LogP contribution in [0.2, 0.25) is 0 Å². The summed E-state index contributed by atoms with van der Waals surface area (Å²) in [5.74, 6) is 1.40. The van der Waals surface area contributed by atoms with Gasteiger partial charge in [-0.15, -0.1) is 0 Å². The van der Waals surface area contributed by atoms with Gasteiger partial charge in [-0.3, -0.25) is 14.9 Å². The van der Waals surface area contributed by atoms with Gasteiger partial charge in [-0.1, -0.05) is 102 Å². The maximum absolute atomic E-state index is 14.4. The van der Waals surface area contributed by atoms with Crippen LogP contribution in [0.1, 0.15) is 146 Å². The number of para-hydroxylation sites is 1. The third-order valence-electron chi connectivity index (χ3n) is 14.6. The molecule has 6 unspecified atom stereocenters. The van der Waals surface area contributed by atoms with Crippen LogP contribution in [0.4, 0.5) is 5.69 Å². The number of amides is 2. The number of hydrogen-bond acceptors (Lipinski definition) is 6. The van der Waals surface area contributed by atoms with Crippen molar-refractivity contribution >= 4 is 17.5 Å². The Morgan fingerprint density at radius 2 is 1.35 bits per heavy atom. The van der Waals surface area contributed by atoms with Gasteiger partial charge in [-0.05, 0) is 62.5 Å². The van der Waals surface area contributed by atoms with Gasteiger partial charge in [0.2, 0.25) is 11.8 Å². The Bertz CT molecular complexity index is 1290. The van der Waals surface area contributed by atoms with Gasteiger partial charge in [-0.2, -0.15) is 0 Å². The van der Waals surface area contributed by atoms with E-state index < -0.39 is 0 Å². The Kier molecular flexibility index (Phi) is 12.3. The lowest BCUT2D eigenvalue weighted by Gasteiger charge is -2.53. The first kappa shape index (κ1) is 37.2. The molecule has 1 spiro atoms. The minimum absolute atomic E-state index is 0.0366. The molecule has 0 radical (unpaired) electrons. The number of nitrogens with one attached hydrogen (secondary N) is 2. The van der Waals surface area contributed by atoms with Gasteiger partial charge in [0, 0.05) is 69.9 Å². The molecular weight excluding hydrogens is 636 g/mol. The predicted octanol–water partition coefficient (Wildman–Crippen LogP) is 7.81. The molecule has 51 heavy (non-hydrogen) atoms. The highest BCUT2D eigenvalue weighted by Crippen LogP contribution is 2.52. The average Bonchev–Trinajstić information content (AvgIpc) is 3.75. The van der Waals surface area contributed by atoms with Crippen LogP contribution in [0.5, 0.6) is 0 Å². The number of anilines is 1. The van der Waals surface area contributed by atoms with Gasteiger partial charge in [0.05, 0.1) is 23.8 Å². The topological polar surface area (TPSA) is 83.1 Å². The highest BCUT2D eigenvalue weighted by molar-refractivity contribution is 5.83. The van der Waals surface area contributed by atoms with Gasteiger partial charge >= 0.3 is 0 Å². The van der Waals surface area contributed by atoms with E-state index in [-0.39, 0.29) is 53.0 Å². The zero-order chi connectivity index (χ0) is 35.3. The first-order valence-electron chi connectivity index (χ1n) is 21.3. The molecule has 0 aromatic heterocycles. The van der Waals surface area contributed by atoms with Crippen molar-refractivity contribution in [2.45, 2.75) is 170 Å². The smallest absolute Gasteiger partial charge is 0.239 e. The second-order valence-corrected chi connectivity index (χ2v) is 17.2. The highest BCUT2D eigenvalue weighted by Gasteiger charge is 2.62. The molecule has 2 N–H and O–H groups in total. The summed E-state index contributed by atoms with van der Waals surface area (Å²) in [7, 11) is 3.74. The lowest BCUT2D eigenvalue weighted by atomic mass is 9.61. The predicted molar refractivity (Wildman–Crippen MR) is 204 cm³/mol. The summed E-state index contributed by atoms with van der Waals surface area (Å²) < 4.78 is 12.5. The molecule has 2 saturated heterocycles. The van der Waals surface area contributed by atoms with Crippen LogP contribution in [0.3, 0.4) is 0 Å². The van der Waals surface area contributed by atoms with Gasteiger partial charge in [0.15, 0.2) is 0 Å². The van der Waals surface area contributed by atoms with Gasteiger partial charge in [0.25, 0.3) is 0 Å². The van der Waals surface area contributed by atoms with E-state index in [1.807, 2.05) is 14.2 Å². The highest BCUT2D eigenvalue weighted by atomic mass is 16.5. The summed E-state index contributed by atoms with van der Waals surface area (Å²) >= 11 is 0. The molecular formula is C43H68N4O4. The maximum Gasteiger partial charge on any atom is 0.239 e. The molecule has 6 aliphatic rings. The molecule has 0 bridgehead atoms. The van der Waals surface area contributed by atoms with Crippen LogP contribution in [0.25, 0.3) is 0 Å². The molecule has 8 heteroatoms. The van der Waals surface area contributed by atoms with Crippen molar-refractivity contribution in [3.63, 3.8) is 0 Å².